The highest BCUT2D eigenvalue weighted by Gasteiger charge is 2.19. The number of nitrogens with zero attached hydrogens (tertiary/aromatic N) is 3. The number of nitrogens with one attached hydrogen (secondary N) is 1. The molecule has 1 aliphatic rings. The highest BCUT2D eigenvalue weighted by Crippen LogP contribution is 2.22. The van der Waals surface area contributed by atoms with Gasteiger partial charge in [0, 0.05) is 32.3 Å². The molecule has 1 aromatic rings. The molecule has 0 amide bonds. The molecule has 1 N–H and O–H groups in total. The van der Waals surface area contributed by atoms with Gasteiger partial charge < -0.3 is 15.0 Å². The number of hydrogen-bond acceptors (Lipinski definition) is 5. The van der Waals surface area contributed by atoms with Crippen molar-refractivity contribution >= 4 is 11.6 Å². The summed E-state index contributed by atoms with van der Waals surface area (Å²) in [6.45, 7) is 6.77. The van der Waals surface area contributed by atoms with Crippen LogP contribution in [0.15, 0.2) is 6.33 Å². The Morgan fingerprint density at radius 2 is 2.33 bits per heavy atom. The van der Waals surface area contributed by atoms with Crippen molar-refractivity contribution in [3.63, 3.8) is 0 Å². The van der Waals surface area contributed by atoms with Gasteiger partial charge in [0.15, 0.2) is 0 Å². The fourth-order valence-electron chi connectivity index (χ4n) is 2.35. The molecule has 0 spiro atoms. The van der Waals surface area contributed by atoms with Crippen LogP contribution in [0.2, 0.25) is 0 Å². The van der Waals surface area contributed by atoms with E-state index in [0.29, 0.717) is 6.10 Å². The van der Waals surface area contributed by atoms with Gasteiger partial charge >= 0.3 is 0 Å². The molecule has 100 valence electrons. The highest BCUT2D eigenvalue weighted by atomic mass is 16.5. The molecule has 1 fully saturated rings. The fraction of sp³-hybridized carbons (Fsp3) is 0.692. The number of rotatable bonds is 5. The van der Waals surface area contributed by atoms with E-state index in [1.165, 1.54) is 6.42 Å². The maximum absolute atomic E-state index is 5.66. The van der Waals surface area contributed by atoms with Gasteiger partial charge in [0.25, 0.3) is 0 Å². The van der Waals surface area contributed by atoms with Gasteiger partial charge in [0.2, 0.25) is 0 Å². The molecule has 5 nitrogen and oxygen atoms in total. The summed E-state index contributed by atoms with van der Waals surface area (Å²) in [5.41, 5.74) is 1.10. The lowest BCUT2D eigenvalue weighted by molar-refractivity contribution is 0.116. The fourth-order valence-corrected chi connectivity index (χ4v) is 2.35. The summed E-state index contributed by atoms with van der Waals surface area (Å²) < 4.78 is 5.66. The van der Waals surface area contributed by atoms with Crippen LogP contribution >= 0.6 is 0 Å². The second kappa shape index (κ2) is 6.00. The molecule has 1 aromatic heterocycles. The molecule has 1 unspecified atom stereocenters. The monoisotopic (exact) mass is 250 g/mol. The molecule has 18 heavy (non-hydrogen) atoms. The summed E-state index contributed by atoms with van der Waals surface area (Å²) in [5.74, 6) is 1.90. The molecular formula is C13H22N4O. The standard InChI is InChI=1S/C13H22N4O/c1-4-14-12-10(2)13(16-9-15-12)17(3)8-11-6-5-7-18-11/h9,11H,4-8H2,1-3H3,(H,14,15,16). The Morgan fingerprint density at radius 1 is 1.50 bits per heavy atom. The lowest BCUT2D eigenvalue weighted by Crippen LogP contribution is -2.30. The van der Waals surface area contributed by atoms with E-state index in [4.69, 9.17) is 4.74 Å². The van der Waals surface area contributed by atoms with Crippen molar-refractivity contribution < 1.29 is 4.74 Å². The zero-order valence-corrected chi connectivity index (χ0v) is 11.4. The van der Waals surface area contributed by atoms with Crippen LogP contribution in [-0.2, 0) is 4.74 Å². The molecule has 0 aliphatic carbocycles. The van der Waals surface area contributed by atoms with Crippen LogP contribution in [0.1, 0.15) is 25.3 Å². The summed E-state index contributed by atoms with van der Waals surface area (Å²) in [6.07, 6.45) is 4.28. The summed E-state index contributed by atoms with van der Waals surface area (Å²) in [5, 5.41) is 3.26. The van der Waals surface area contributed by atoms with E-state index in [1.807, 2.05) is 0 Å². The molecule has 2 rings (SSSR count). The third-order valence-corrected chi connectivity index (χ3v) is 3.26. The van der Waals surface area contributed by atoms with Crippen molar-refractivity contribution in [1.82, 2.24) is 9.97 Å². The Bertz CT molecular complexity index is 391. The van der Waals surface area contributed by atoms with Crippen molar-refractivity contribution in [3.8, 4) is 0 Å². The summed E-state index contributed by atoms with van der Waals surface area (Å²) in [7, 11) is 2.06. The zero-order chi connectivity index (χ0) is 13.0. The molecule has 0 saturated carbocycles. The largest absolute Gasteiger partial charge is 0.376 e. The third kappa shape index (κ3) is 2.90. The molecule has 5 heteroatoms. The smallest absolute Gasteiger partial charge is 0.136 e. The van der Waals surface area contributed by atoms with Gasteiger partial charge in [-0.3, -0.25) is 0 Å². The average molecular weight is 250 g/mol. The molecule has 0 aromatic carbocycles. The van der Waals surface area contributed by atoms with Crippen molar-refractivity contribution in [2.75, 3.05) is 37.0 Å². The van der Waals surface area contributed by atoms with Crippen LogP contribution in [-0.4, -0.2) is 42.8 Å². The van der Waals surface area contributed by atoms with Gasteiger partial charge in [-0.05, 0) is 26.7 Å². The van der Waals surface area contributed by atoms with Crippen LogP contribution in [0.25, 0.3) is 0 Å². The van der Waals surface area contributed by atoms with E-state index < -0.39 is 0 Å². The molecule has 1 atom stereocenters. The summed E-state index contributed by atoms with van der Waals surface area (Å²) in [6, 6.07) is 0. The number of anilines is 2. The van der Waals surface area contributed by atoms with Gasteiger partial charge in [-0.2, -0.15) is 0 Å². The topological polar surface area (TPSA) is 50.3 Å². The molecule has 2 heterocycles. The average Bonchev–Trinajstić information content (AvgIpc) is 2.85. The first-order chi connectivity index (χ1) is 8.72. The van der Waals surface area contributed by atoms with Gasteiger partial charge in [-0.15, -0.1) is 0 Å². The van der Waals surface area contributed by atoms with Gasteiger partial charge in [0.05, 0.1) is 6.10 Å². The highest BCUT2D eigenvalue weighted by molar-refractivity contribution is 5.57. The van der Waals surface area contributed by atoms with Crippen LogP contribution in [0.3, 0.4) is 0 Å². The van der Waals surface area contributed by atoms with E-state index in [-0.39, 0.29) is 0 Å². The number of aromatic nitrogens is 2. The van der Waals surface area contributed by atoms with E-state index >= 15 is 0 Å². The van der Waals surface area contributed by atoms with E-state index in [9.17, 15) is 0 Å². The van der Waals surface area contributed by atoms with Crippen molar-refractivity contribution in [2.24, 2.45) is 0 Å². The van der Waals surface area contributed by atoms with E-state index in [2.05, 4.69) is 41.1 Å². The van der Waals surface area contributed by atoms with Crippen molar-refractivity contribution in [1.29, 1.82) is 0 Å². The Morgan fingerprint density at radius 3 is 3.00 bits per heavy atom. The van der Waals surface area contributed by atoms with E-state index in [1.54, 1.807) is 6.33 Å². The normalized spacial score (nSPS) is 18.9. The Labute approximate surface area is 109 Å². The third-order valence-electron chi connectivity index (χ3n) is 3.26. The Balaban J connectivity index is 2.08. The maximum atomic E-state index is 5.66. The lowest BCUT2D eigenvalue weighted by atomic mass is 10.2. The Kier molecular flexibility index (Phi) is 4.36. The Hall–Kier alpha value is -1.36. The summed E-state index contributed by atoms with van der Waals surface area (Å²) in [4.78, 5) is 10.8. The van der Waals surface area contributed by atoms with Crippen LogP contribution in [0, 0.1) is 6.92 Å². The zero-order valence-electron chi connectivity index (χ0n) is 11.4. The van der Waals surface area contributed by atoms with Crippen LogP contribution < -0.4 is 10.2 Å². The molecule has 1 aliphatic heterocycles. The lowest BCUT2D eigenvalue weighted by Gasteiger charge is -2.23. The van der Waals surface area contributed by atoms with Gasteiger partial charge in [-0.1, -0.05) is 0 Å². The van der Waals surface area contributed by atoms with Crippen LogP contribution in [0.4, 0.5) is 11.6 Å². The quantitative estimate of drug-likeness (QED) is 0.864. The van der Waals surface area contributed by atoms with Crippen molar-refractivity contribution in [3.05, 3.63) is 11.9 Å². The van der Waals surface area contributed by atoms with Crippen LogP contribution in [0.5, 0.6) is 0 Å². The van der Waals surface area contributed by atoms with Gasteiger partial charge in [0.1, 0.15) is 18.0 Å². The molecule has 0 radical (unpaired) electrons. The van der Waals surface area contributed by atoms with Crippen molar-refractivity contribution in [2.45, 2.75) is 32.8 Å². The summed E-state index contributed by atoms with van der Waals surface area (Å²) >= 11 is 0. The second-order valence-corrected chi connectivity index (χ2v) is 4.72. The first-order valence-electron chi connectivity index (χ1n) is 6.60. The second-order valence-electron chi connectivity index (χ2n) is 4.72. The first kappa shape index (κ1) is 13.1. The van der Waals surface area contributed by atoms with Gasteiger partial charge in [-0.25, -0.2) is 9.97 Å². The molecule has 1 saturated heterocycles. The number of hydrogen-bond donors (Lipinski definition) is 1. The minimum absolute atomic E-state index is 0.340. The number of ether oxygens (including phenoxy) is 1. The van der Waals surface area contributed by atoms with E-state index in [0.717, 1.165) is 43.3 Å². The SMILES string of the molecule is CCNc1ncnc(N(C)CC2CCCO2)c1C. The minimum Gasteiger partial charge on any atom is -0.376 e. The first-order valence-corrected chi connectivity index (χ1v) is 6.60. The molecular weight excluding hydrogens is 228 g/mol. The molecule has 0 bridgehead atoms. The maximum Gasteiger partial charge on any atom is 0.136 e. The number of likely N-dealkylation sites (N-methyl/N-ethyl adjacent to an activating group) is 1. The predicted octanol–water partition coefficient (Wildman–Crippen LogP) is 1.83. The minimum atomic E-state index is 0.340. The predicted molar refractivity (Wildman–Crippen MR) is 73.2 cm³/mol.